The molecule has 3 aromatic rings. The zero-order valence-electron chi connectivity index (χ0n) is 24.8. The normalized spacial score (nSPS) is 23.8. The number of halogens is 3. The van der Waals surface area contributed by atoms with Gasteiger partial charge in [0.25, 0.3) is 5.91 Å². The van der Waals surface area contributed by atoms with Crippen LogP contribution in [0.15, 0.2) is 60.7 Å². The van der Waals surface area contributed by atoms with Crippen molar-refractivity contribution in [1.29, 1.82) is 0 Å². The van der Waals surface area contributed by atoms with Crippen molar-refractivity contribution in [3.63, 3.8) is 0 Å². The van der Waals surface area contributed by atoms with Crippen molar-refractivity contribution in [3.05, 3.63) is 93.2 Å². The largest absolute Gasteiger partial charge is 0.347 e. The van der Waals surface area contributed by atoms with Gasteiger partial charge in [0.15, 0.2) is 0 Å². The number of carbonyl (C=O) groups is 3. The first-order valence-corrected chi connectivity index (χ1v) is 15.7. The van der Waals surface area contributed by atoms with Crippen LogP contribution < -0.4 is 21.3 Å². The van der Waals surface area contributed by atoms with Gasteiger partial charge in [0.05, 0.1) is 11.1 Å². The molecule has 0 unspecified atom stereocenters. The number of hydrogen-bond donors (Lipinski definition) is 4. The highest BCUT2D eigenvalue weighted by atomic mass is 35.5. The standard InChI is InChI=1S/C34H35Cl2FN4O3/c1-32(2,3)41-29(42)19-10-13-21(14-11-19)38-30(43)28-26(22-8-7-9-24(36)27(22)37)34(33(40-28)16-5-4-6-17-33)23-15-12-20(35)18-25(23)39-31(34)44/h7-15,18,26,28,40H,4-6,16-17H2,1-3H3,(H,38,43)(H,39,44)(H,41,42)/t26-,28+,34+/m0/s1. The second-order valence-corrected chi connectivity index (χ2v) is 14.0. The molecular formula is C34H35Cl2FN4O3. The monoisotopic (exact) mass is 636 g/mol. The number of nitrogens with one attached hydrogen (secondary N) is 4. The topological polar surface area (TPSA) is 99.3 Å². The third kappa shape index (κ3) is 4.97. The van der Waals surface area contributed by atoms with E-state index in [0.29, 0.717) is 40.4 Å². The zero-order valence-corrected chi connectivity index (χ0v) is 26.3. The summed E-state index contributed by atoms with van der Waals surface area (Å²) in [6.07, 6.45) is 3.95. The minimum Gasteiger partial charge on any atom is -0.347 e. The number of amides is 3. The predicted molar refractivity (Wildman–Crippen MR) is 171 cm³/mol. The van der Waals surface area contributed by atoms with E-state index in [0.717, 1.165) is 19.3 Å². The number of anilines is 2. The fourth-order valence-corrected chi connectivity index (χ4v) is 7.91. The van der Waals surface area contributed by atoms with E-state index in [2.05, 4.69) is 21.3 Å². The number of carbonyl (C=O) groups excluding carboxylic acids is 3. The van der Waals surface area contributed by atoms with E-state index in [1.807, 2.05) is 26.8 Å². The Morgan fingerprint density at radius 2 is 1.68 bits per heavy atom. The Labute approximate surface area is 266 Å². The Bertz CT molecular complexity index is 1650. The molecule has 3 amide bonds. The van der Waals surface area contributed by atoms with Crippen LogP contribution in [0, 0.1) is 5.82 Å². The van der Waals surface area contributed by atoms with Crippen molar-refractivity contribution >= 4 is 52.3 Å². The SMILES string of the molecule is CC(C)(C)NC(=O)c1ccc(NC(=O)[C@@H]2NC3(CCCCC3)[C@@]3(C(=O)Nc4cc(Cl)ccc43)[C@H]2c2cccc(Cl)c2F)cc1. The van der Waals surface area contributed by atoms with Gasteiger partial charge in [-0.3, -0.25) is 19.7 Å². The van der Waals surface area contributed by atoms with Crippen molar-refractivity contribution in [2.75, 3.05) is 10.6 Å². The Morgan fingerprint density at radius 1 is 0.977 bits per heavy atom. The molecule has 2 aliphatic heterocycles. The minimum atomic E-state index is -1.31. The molecule has 230 valence electrons. The highest BCUT2D eigenvalue weighted by Crippen LogP contribution is 2.62. The van der Waals surface area contributed by atoms with Crippen LogP contribution in [0.1, 0.15) is 80.3 Å². The van der Waals surface area contributed by atoms with E-state index in [9.17, 15) is 14.4 Å². The van der Waals surface area contributed by atoms with Gasteiger partial charge in [0.2, 0.25) is 11.8 Å². The fraction of sp³-hybridized carbons (Fsp3) is 0.382. The smallest absolute Gasteiger partial charge is 0.251 e. The summed E-state index contributed by atoms with van der Waals surface area (Å²) in [4.78, 5) is 41.3. The molecule has 1 aliphatic carbocycles. The highest BCUT2D eigenvalue weighted by molar-refractivity contribution is 6.31. The molecule has 1 saturated heterocycles. The first kappa shape index (κ1) is 30.6. The maximum Gasteiger partial charge on any atom is 0.251 e. The van der Waals surface area contributed by atoms with Gasteiger partial charge in [-0.15, -0.1) is 0 Å². The van der Waals surface area contributed by atoms with Gasteiger partial charge in [-0.1, -0.05) is 60.7 Å². The van der Waals surface area contributed by atoms with Gasteiger partial charge >= 0.3 is 0 Å². The van der Waals surface area contributed by atoms with Crippen molar-refractivity contribution in [3.8, 4) is 0 Å². The Morgan fingerprint density at radius 3 is 2.36 bits per heavy atom. The molecule has 2 heterocycles. The van der Waals surface area contributed by atoms with Crippen LogP contribution in [0.5, 0.6) is 0 Å². The molecule has 3 aliphatic rings. The average molecular weight is 638 g/mol. The van der Waals surface area contributed by atoms with E-state index >= 15 is 4.39 Å². The molecule has 6 rings (SSSR count). The maximum atomic E-state index is 16.0. The van der Waals surface area contributed by atoms with E-state index in [1.54, 1.807) is 48.5 Å². The van der Waals surface area contributed by atoms with Crippen LogP contribution in [0.25, 0.3) is 0 Å². The third-order valence-electron chi connectivity index (χ3n) is 9.21. The summed E-state index contributed by atoms with van der Waals surface area (Å²) in [5.41, 5.74) is -0.170. The van der Waals surface area contributed by atoms with Gasteiger partial charge < -0.3 is 16.0 Å². The number of benzene rings is 3. The van der Waals surface area contributed by atoms with Crippen molar-refractivity contribution < 1.29 is 18.8 Å². The predicted octanol–water partition coefficient (Wildman–Crippen LogP) is 6.95. The van der Waals surface area contributed by atoms with Crippen LogP contribution in [-0.2, 0) is 15.0 Å². The summed E-state index contributed by atoms with van der Waals surface area (Å²) in [7, 11) is 0. The number of fused-ring (bicyclic) bond motifs is 3. The quantitative estimate of drug-likeness (QED) is 0.249. The number of hydrogen-bond acceptors (Lipinski definition) is 4. The Hall–Kier alpha value is -3.46. The van der Waals surface area contributed by atoms with Gasteiger partial charge in [-0.25, -0.2) is 4.39 Å². The molecule has 2 spiro atoms. The summed E-state index contributed by atoms with van der Waals surface area (Å²) < 4.78 is 16.0. The lowest BCUT2D eigenvalue weighted by Gasteiger charge is -2.47. The first-order valence-electron chi connectivity index (χ1n) is 14.9. The van der Waals surface area contributed by atoms with Crippen LogP contribution >= 0.6 is 23.2 Å². The molecule has 0 bridgehead atoms. The Kier molecular flexibility index (Phi) is 7.75. The summed E-state index contributed by atoms with van der Waals surface area (Å²) in [6.45, 7) is 5.70. The second-order valence-electron chi connectivity index (χ2n) is 13.1. The lowest BCUT2D eigenvalue weighted by atomic mass is 9.55. The number of rotatable bonds is 4. The Balaban J connectivity index is 1.45. The molecule has 2 fully saturated rings. The first-order chi connectivity index (χ1) is 20.9. The van der Waals surface area contributed by atoms with E-state index in [1.165, 1.54) is 6.07 Å². The molecule has 4 N–H and O–H groups in total. The van der Waals surface area contributed by atoms with Crippen LogP contribution in [0.3, 0.4) is 0 Å². The molecular weight excluding hydrogens is 602 g/mol. The summed E-state index contributed by atoms with van der Waals surface area (Å²) in [6, 6.07) is 15.6. The van der Waals surface area contributed by atoms with Gasteiger partial charge in [-0.2, -0.15) is 0 Å². The molecule has 44 heavy (non-hydrogen) atoms. The lowest BCUT2D eigenvalue weighted by Crippen LogP contribution is -2.60. The van der Waals surface area contributed by atoms with Crippen LogP contribution in [-0.4, -0.2) is 34.8 Å². The highest BCUT2D eigenvalue weighted by Gasteiger charge is 2.72. The molecule has 3 aromatic carbocycles. The van der Waals surface area contributed by atoms with Crippen LogP contribution in [0.4, 0.5) is 15.8 Å². The molecule has 0 radical (unpaired) electrons. The lowest BCUT2D eigenvalue weighted by molar-refractivity contribution is -0.124. The van der Waals surface area contributed by atoms with Crippen molar-refractivity contribution in [2.45, 2.75) is 81.3 Å². The molecule has 10 heteroatoms. The van der Waals surface area contributed by atoms with Gasteiger partial charge in [0, 0.05) is 39.0 Å². The molecule has 3 atom stereocenters. The van der Waals surface area contributed by atoms with Crippen LogP contribution in [0.2, 0.25) is 10.0 Å². The fourth-order valence-electron chi connectivity index (χ4n) is 7.56. The minimum absolute atomic E-state index is 0.0831. The average Bonchev–Trinajstić information content (AvgIpc) is 3.42. The van der Waals surface area contributed by atoms with Crippen molar-refractivity contribution in [2.24, 2.45) is 0 Å². The molecule has 0 aromatic heterocycles. The van der Waals surface area contributed by atoms with E-state index < -0.39 is 40.2 Å². The summed E-state index contributed by atoms with van der Waals surface area (Å²) in [5.74, 6) is -2.53. The summed E-state index contributed by atoms with van der Waals surface area (Å²) in [5, 5.41) is 12.9. The molecule has 1 saturated carbocycles. The summed E-state index contributed by atoms with van der Waals surface area (Å²) >= 11 is 12.7. The van der Waals surface area contributed by atoms with E-state index in [4.69, 9.17) is 23.2 Å². The van der Waals surface area contributed by atoms with Crippen molar-refractivity contribution in [1.82, 2.24) is 10.6 Å². The van der Waals surface area contributed by atoms with Gasteiger partial charge in [0.1, 0.15) is 11.2 Å². The maximum absolute atomic E-state index is 16.0. The van der Waals surface area contributed by atoms with Gasteiger partial charge in [-0.05, 0) is 87.2 Å². The third-order valence-corrected chi connectivity index (χ3v) is 9.74. The second kappa shape index (κ2) is 11.2. The zero-order chi connectivity index (χ0) is 31.4. The van der Waals surface area contributed by atoms with E-state index in [-0.39, 0.29) is 22.4 Å². The molecule has 7 nitrogen and oxygen atoms in total.